The molecule has 0 amide bonds. The summed E-state index contributed by atoms with van der Waals surface area (Å²) in [7, 11) is 2.12. The second kappa shape index (κ2) is 6.06. The lowest BCUT2D eigenvalue weighted by Crippen LogP contribution is -2.31. The van der Waals surface area contributed by atoms with Crippen molar-refractivity contribution in [1.29, 1.82) is 0 Å². The summed E-state index contributed by atoms with van der Waals surface area (Å²) in [5, 5.41) is 0. The lowest BCUT2D eigenvalue weighted by Gasteiger charge is -2.27. The van der Waals surface area contributed by atoms with E-state index in [0.717, 1.165) is 6.42 Å². The molecule has 0 saturated heterocycles. The molecule has 1 atom stereocenters. The average Bonchev–Trinajstić information content (AvgIpc) is 2.46. The van der Waals surface area contributed by atoms with Crippen LogP contribution < -0.4 is 4.90 Å². The highest BCUT2D eigenvalue weighted by molar-refractivity contribution is 5.47. The topological polar surface area (TPSA) is 3.24 Å². The van der Waals surface area contributed by atoms with Crippen LogP contribution in [0.4, 0.5) is 5.69 Å². The fraction of sp³-hybridized carbons (Fsp3) is 0.176. The summed E-state index contributed by atoms with van der Waals surface area (Å²) in [4.78, 5) is 2.26. The van der Waals surface area contributed by atoms with Gasteiger partial charge in [0, 0.05) is 12.7 Å². The Hall–Kier alpha value is -2.02. The van der Waals surface area contributed by atoms with Crippen molar-refractivity contribution in [2.45, 2.75) is 12.5 Å². The van der Waals surface area contributed by atoms with Gasteiger partial charge < -0.3 is 4.90 Å². The van der Waals surface area contributed by atoms with Crippen LogP contribution in [0.5, 0.6) is 0 Å². The van der Waals surface area contributed by atoms with E-state index in [-0.39, 0.29) is 0 Å². The number of nitrogens with zero attached hydrogens (tertiary/aromatic N) is 1. The molecule has 0 spiro atoms. The first-order valence-electron chi connectivity index (χ1n) is 6.25. The number of benzene rings is 2. The van der Waals surface area contributed by atoms with Crippen molar-refractivity contribution in [2.75, 3.05) is 11.9 Å². The van der Waals surface area contributed by atoms with Gasteiger partial charge in [0.15, 0.2) is 0 Å². The Balaban J connectivity index is 2.12. The molecule has 0 aliphatic heterocycles. The smallest absolute Gasteiger partial charge is 0.0507 e. The molecule has 1 nitrogen and oxygen atoms in total. The maximum Gasteiger partial charge on any atom is 0.0507 e. The Morgan fingerprint density at radius 3 is 2.11 bits per heavy atom. The van der Waals surface area contributed by atoms with E-state index in [0.29, 0.717) is 6.04 Å². The average molecular weight is 237 g/mol. The first-order valence-corrected chi connectivity index (χ1v) is 6.25. The van der Waals surface area contributed by atoms with Crippen LogP contribution in [0.25, 0.3) is 0 Å². The van der Waals surface area contributed by atoms with Crippen molar-refractivity contribution < 1.29 is 0 Å². The van der Waals surface area contributed by atoms with Crippen molar-refractivity contribution in [3.8, 4) is 0 Å². The van der Waals surface area contributed by atoms with Crippen LogP contribution in [0.15, 0.2) is 73.3 Å². The monoisotopic (exact) mass is 237 g/mol. The van der Waals surface area contributed by atoms with Gasteiger partial charge in [0.1, 0.15) is 0 Å². The van der Waals surface area contributed by atoms with Gasteiger partial charge in [0.2, 0.25) is 0 Å². The summed E-state index contributed by atoms with van der Waals surface area (Å²) in [5.41, 5.74) is 2.56. The zero-order chi connectivity index (χ0) is 12.8. The molecule has 92 valence electrons. The molecule has 0 heterocycles. The van der Waals surface area contributed by atoms with Crippen LogP contribution >= 0.6 is 0 Å². The van der Waals surface area contributed by atoms with E-state index in [1.54, 1.807) is 0 Å². The molecule has 0 N–H and O–H groups in total. The second-order valence-electron chi connectivity index (χ2n) is 4.44. The Labute approximate surface area is 109 Å². The molecule has 0 aliphatic carbocycles. The number of rotatable bonds is 5. The minimum Gasteiger partial charge on any atom is -0.368 e. The normalized spacial score (nSPS) is 11.8. The minimum atomic E-state index is 0.315. The molecule has 0 radical (unpaired) electrons. The molecule has 0 saturated carbocycles. The summed E-state index contributed by atoms with van der Waals surface area (Å²) in [6.45, 7) is 3.96. The standard InChI is InChI=1S/C17H19N/c1-3-16(14-15-10-6-4-7-11-15)18(2)17-12-8-5-9-13-17/h3-13,16H,1,14H2,2H3/t16-/m0/s1. The van der Waals surface area contributed by atoms with Crippen LogP contribution in [0.2, 0.25) is 0 Å². The van der Waals surface area contributed by atoms with Gasteiger partial charge >= 0.3 is 0 Å². The van der Waals surface area contributed by atoms with Gasteiger partial charge in [0.25, 0.3) is 0 Å². The summed E-state index contributed by atoms with van der Waals surface area (Å²) in [5.74, 6) is 0. The molecule has 1 heteroatoms. The van der Waals surface area contributed by atoms with Crippen molar-refractivity contribution >= 4 is 5.69 Å². The summed E-state index contributed by atoms with van der Waals surface area (Å²) in [6.07, 6.45) is 3.00. The van der Waals surface area contributed by atoms with Crippen molar-refractivity contribution in [1.82, 2.24) is 0 Å². The van der Waals surface area contributed by atoms with Gasteiger partial charge in [-0.15, -0.1) is 6.58 Å². The van der Waals surface area contributed by atoms with Crippen molar-refractivity contribution in [3.63, 3.8) is 0 Å². The van der Waals surface area contributed by atoms with E-state index in [1.165, 1.54) is 11.3 Å². The second-order valence-corrected chi connectivity index (χ2v) is 4.44. The SMILES string of the molecule is C=C[C@@H](Cc1ccccc1)N(C)c1ccccc1. The van der Waals surface area contributed by atoms with Gasteiger partial charge in [-0.3, -0.25) is 0 Å². The first kappa shape index (κ1) is 12.4. The highest BCUT2D eigenvalue weighted by atomic mass is 15.1. The summed E-state index contributed by atoms with van der Waals surface area (Å²) >= 11 is 0. The maximum atomic E-state index is 3.96. The summed E-state index contributed by atoms with van der Waals surface area (Å²) in [6, 6.07) is 21.3. The van der Waals surface area contributed by atoms with Gasteiger partial charge in [-0.1, -0.05) is 54.6 Å². The largest absolute Gasteiger partial charge is 0.368 e. The van der Waals surface area contributed by atoms with Crippen LogP contribution in [-0.4, -0.2) is 13.1 Å². The molecule has 18 heavy (non-hydrogen) atoms. The quantitative estimate of drug-likeness (QED) is 0.712. The third-order valence-electron chi connectivity index (χ3n) is 3.22. The Morgan fingerprint density at radius 1 is 1.00 bits per heavy atom. The number of hydrogen-bond acceptors (Lipinski definition) is 1. The van der Waals surface area contributed by atoms with Gasteiger partial charge in [-0.25, -0.2) is 0 Å². The Bertz CT molecular complexity index is 475. The zero-order valence-electron chi connectivity index (χ0n) is 10.8. The highest BCUT2D eigenvalue weighted by Gasteiger charge is 2.11. The lowest BCUT2D eigenvalue weighted by atomic mass is 10.0. The third kappa shape index (κ3) is 3.01. The predicted octanol–water partition coefficient (Wildman–Crippen LogP) is 3.92. The van der Waals surface area contributed by atoms with E-state index in [2.05, 4.69) is 67.1 Å². The molecule has 2 rings (SSSR count). The fourth-order valence-electron chi connectivity index (χ4n) is 2.09. The van der Waals surface area contributed by atoms with Crippen molar-refractivity contribution in [3.05, 3.63) is 78.9 Å². The van der Waals surface area contributed by atoms with Crippen LogP contribution in [0, 0.1) is 0 Å². The molecule has 2 aromatic carbocycles. The zero-order valence-corrected chi connectivity index (χ0v) is 10.8. The number of hydrogen-bond donors (Lipinski definition) is 0. The fourth-order valence-corrected chi connectivity index (χ4v) is 2.09. The van der Waals surface area contributed by atoms with Gasteiger partial charge in [-0.2, -0.15) is 0 Å². The van der Waals surface area contributed by atoms with Crippen molar-refractivity contribution in [2.24, 2.45) is 0 Å². The predicted molar refractivity (Wildman–Crippen MR) is 79.0 cm³/mol. The maximum absolute atomic E-state index is 3.96. The molecule has 0 aliphatic rings. The Kier molecular flexibility index (Phi) is 4.19. The van der Waals surface area contributed by atoms with E-state index in [9.17, 15) is 0 Å². The molecule has 0 bridgehead atoms. The number of likely N-dealkylation sites (N-methyl/N-ethyl adjacent to an activating group) is 1. The summed E-state index contributed by atoms with van der Waals surface area (Å²) < 4.78 is 0. The third-order valence-corrected chi connectivity index (χ3v) is 3.22. The Morgan fingerprint density at radius 2 is 1.56 bits per heavy atom. The van der Waals surface area contributed by atoms with Gasteiger partial charge in [-0.05, 0) is 24.1 Å². The molecular weight excluding hydrogens is 218 g/mol. The molecule has 0 fully saturated rings. The van der Waals surface area contributed by atoms with Crippen LogP contribution in [0.3, 0.4) is 0 Å². The molecule has 0 unspecified atom stereocenters. The van der Waals surface area contributed by atoms with Crippen LogP contribution in [-0.2, 0) is 6.42 Å². The van der Waals surface area contributed by atoms with E-state index < -0.39 is 0 Å². The van der Waals surface area contributed by atoms with E-state index in [4.69, 9.17) is 0 Å². The van der Waals surface area contributed by atoms with Gasteiger partial charge in [0.05, 0.1) is 6.04 Å². The van der Waals surface area contributed by atoms with E-state index >= 15 is 0 Å². The lowest BCUT2D eigenvalue weighted by molar-refractivity contribution is 0.744. The highest BCUT2D eigenvalue weighted by Crippen LogP contribution is 2.17. The van der Waals surface area contributed by atoms with E-state index in [1.807, 2.05) is 18.2 Å². The molecular formula is C17H19N. The van der Waals surface area contributed by atoms with Crippen LogP contribution in [0.1, 0.15) is 5.56 Å². The number of para-hydroxylation sites is 1. The minimum absolute atomic E-state index is 0.315. The molecule has 2 aromatic rings. The first-order chi connectivity index (χ1) is 8.81. The number of anilines is 1. The molecule has 0 aromatic heterocycles.